The minimum Gasteiger partial charge on any atom is -0.312 e. The Morgan fingerprint density at radius 1 is 1.33 bits per heavy atom. The SMILES string of the molecule is CCc1nc(CC)n(CCNC2CC2)n1. The number of aryl methyl sites for hydroxylation is 2. The standard InChI is InChI=1S/C11H20N4/c1-3-10-13-11(4-2)15(14-10)8-7-12-9-5-6-9/h9,12H,3-8H2,1-2H3. The van der Waals surface area contributed by atoms with Crippen LogP contribution in [0.25, 0.3) is 0 Å². The van der Waals surface area contributed by atoms with Crippen molar-refractivity contribution < 1.29 is 0 Å². The normalized spacial score (nSPS) is 15.9. The summed E-state index contributed by atoms with van der Waals surface area (Å²) in [5.41, 5.74) is 0. The third kappa shape index (κ3) is 2.78. The first-order chi connectivity index (χ1) is 7.33. The molecule has 0 bridgehead atoms. The van der Waals surface area contributed by atoms with E-state index >= 15 is 0 Å². The molecule has 4 nitrogen and oxygen atoms in total. The molecule has 1 aliphatic carbocycles. The van der Waals surface area contributed by atoms with Gasteiger partial charge in [0.1, 0.15) is 5.82 Å². The van der Waals surface area contributed by atoms with Gasteiger partial charge in [0.2, 0.25) is 0 Å². The maximum Gasteiger partial charge on any atom is 0.150 e. The maximum atomic E-state index is 4.48. The predicted molar refractivity (Wildman–Crippen MR) is 59.8 cm³/mol. The minimum absolute atomic E-state index is 0.782. The molecule has 1 heterocycles. The van der Waals surface area contributed by atoms with E-state index in [1.54, 1.807) is 0 Å². The Morgan fingerprint density at radius 3 is 2.73 bits per heavy atom. The Hall–Kier alpha value is -0.900. The Bertz CT molecular complexity index is 314. The van der Waals surface area contributed by atoms with Gasteiger partial charge in [-0.2, -0.15) is 5.10 Å². The van der Waals surface area contributed by atoms with Crippen LogP contribution in [0.4, 0.5) is 0 Å². The van der Waals surface area contributed by atoms with Crippen LogP contribution in [0.3, 0.4) is 0 Å². The zero-order chi connectivity index (χ0) is 10.7. The first kappa shape index (κ1) is 10.6. The van der Waals surface area contributed by atoms with E-state index in [1.807, 2.05) is 4.68 Å². The second kappa shape index (κ2) is 4.75. The molecule has 1 N–H and O–H groups in total. The average Bonchev–Trinajstić information content (AvgIpc) is 2.98. The maximum absolute atomic E-state index is 4.48. The lowest BCUT2D eigenvalue weighted by molar-refractivity contribution is 0.531. The smallest absolute Gasteiger partial charge is 0.150 e. The van der Waals surface area contributed by atoms with Crippen molar-refractivity contribution in [1.29, 1.82) is 0 Å². The van der Waals surface area contributed by atoms with Gasteiger partial charge >= 0.3 is 0 Å². The van der Waals surface area contributed by atoms with Crippen molar-refractivity contribution in [3.8, 4) is 0 Å². The highest BCUT2D eigenvalue weighted by atomic mass is 15.3. The third-order valence-corrected chi connectivity index (χ3v) is 2.76. The molecule has 2 rings (SSSR count). The van der Waals surface area contributed by atoms with E-state index < -0.39 is 0 Å². The van der Waals surface area contributed by atoms with Gasteiger partial charge in [-0.05, 0) is 12.8 Å². The summed E-state index contributed by atoms with van der Waals surface area (Å²) in [6.45, 7) is 6.20. The van der Waals surface area contributed by atoms with Crippen LogP contribution < -0.4 is 5.32 Å². The molecule has 1 aromatic rings. The lowest BCUT2D eigenvalue weighted by Crippen LogP contribution is -2.23. The molecule has 0 atom stereocenters. The number of hydrogen-bond donors (Lipinski definition) is 1. The van der Waals surface area contributed by atoms with Gasteiger partial charge in [0.05, 0.1) is 6.54 Å². The average molecular weight is 208 g/mol. The molecular weight excluding hydrogens is 188 g/mol. The summed E-state index contributed by atoms with van der Waals surface area (Å²) in [5.74, 6) is 2.09. The van der Waals surface area contributed by atoms with Crippen molar-refractivity contribution in [3.05, 3.63) is 11.6 Å². The van der Waals surface area contributed by atoms with Crippen molar-refractivity contribution in [2.45, 2.75) is 52.1 Å². The molecule has 0 spiro atoms. The fraction of sp³-hybridized carbons (Fsp3) is 0.818. The van der Waals surface area contributed by atoms with Crippen LogP contribution in [-0.2, 0) is 19.4 Å². The van der Waals surface area contributed by atoms with E-state index in [0.717, 1.165) is 43.6 Å². The number of hydrogen-bond acceptors (Lipinski definition) is 3. The van der Waals surface area contributed by atoms with Gasteiger partial charge in [0.15, 0.2) is 5.82 Å². The summed E-state index contributed by atoms with van der Waals surface area (Å²) in [7, 11) is 0. The topological polar surface area (TPSA) is 42.7 Å². The zero-order valence-corrected chi connectivity index (χ0v) is 9.66. The second-order valence-electron chi connectivity index (χ2n) is 4.10. The van der Waals surface area contributed by atoms with Gasteiger partial charge in [-0.15, -0.1) is 0 Å². The van der Waals surface area contributed by atoms with Gasteiger partial charge < -0.3 is 5.32 Å². The summed E-state index contributed by atoms with van der Waals surface area (Å²) in [4.78, 5) is 4.48. The van der Waals surface area contributed by atoms with Crippen LogP contribution in [-0.4, -0.2) is 27.4 Å². The molecule has 1 fully saturated rings. The highest BCUT2D eigenvalue weighted by molar-refractivity contribution is 4.93. The lowest BCUT2D eigenvalue weighted by Gasteiger charge is -2.04. The molecule has 0 aromatic carbocycles. The molecule has 4 heteroatoms. The van der Waals surface area contributed by atoms with E-state index in [1.165, 1.54) is 12.8 Å². The fourth-order valence-electron chi connectivity index (χ4n) is 1.68. The highest BCUT2D eigenvalue weighted by Gasteiger charge is 2.19. The molecule has 0 radical (unpaired) electrons. The van der Waals surface area contributed by atoms with E-state index in [2.05, 4.69) is 29.2 Å². The van der Waals surface area contributed by atoms with Crippen LogP contribution >= 0.6 is 0 Å². The first-order valence-corrected chi connectivity index (χ1v) is 5.99. The molecule has 1 aliphatic rings. The minimum atomic E-state index is 0.782. The van der Waals surface area contributed by atoms with Crippen molar-refractivity contribution in [3.63, 3.8) is 0 Å². The summed E-state index contributed by atoms with van der Waals surface area (Å²) in [6.07, 6.45) is 4.59. The zero-order valence-electron chi connectivity index (χ0n) is 9.66. The molecule has 1 saturated carbocycles. The third-order valence-electron chi connectivity index (χ3n) is 2.76. The number of rotatable bonds is 6. The van der Waals surface area contributed by atoms with Crippen LogP contribution in [0, 0.1) is 0 Å². The van der Waals surface area contributed by atoms with Crippen LogP contribution in [0.5, 0.6) is 0 Å². The molecule has 0 saturated heterocycles. The van der Waals surface area contributed by atoms with E-state index in [0.29, 0.717) is 0 Å². The fourth-order valence-corrected chi connectivity index (χ4v) is 1.68. The van der Waals surface area contributed by atoms with Crippen molar-refractivity contribution in [2.24, 2.45) is 0 Å². The monoisotopic (exact) mass is 208 g/mol. The molecular formula is C11H20N4. The van der Waals surface area contributed by atoms with Crippen molar-refractivity contribution in [1.82, 2.24) is 20.1 Å². The summed E-state index contributed by atoms with van der Waals surface area (Å²) >= 11 is 0. The number of aromatic nitrogens is 3. The van der Waals surface area contributed by atoms with E-state index in [4.69, 9.17) is 0 Å². The number of nitrogens with zero attached hydrogens (tertiary/aromatic N) is 3. The van der Waals surface area contributed by atoms with Crippen LogP contribution in [0.2, 0.25) is 0 Å². The van der Waals surface area contributed by atoms with Gasteiger partial charge in [-0.25, -0.2) is 9.67 Å². The Morgan fingerprint density at radius 2 is 2.13 bits per heavy atom. The van der Waals surface area contributed by atoms with Crippen molar-refractivity contribution >= 4 is 0 Å². The lowest BCUT2D eigenvalue weighted by atomic mass is 10.4. The van der Waals surface area contributed by atoms with Crippen molar-refractivity contribution in [2.75, 3.05) is 6.54 Å². The molecule has 0 amide bonds. The highest BCUT2D eigenvalue weighted by Crippen LogP contribution is 2.18. The Balaban J connectivity index is 1.89. The van der Waals surface area contributed by atoms with Crippen LogP contribution in [0.15, 0.2) is 0 Å². The predicted octanol–water partition coefficient (Wildman–Crippen LogP) is 1.15. The first-order valence-electron chi connectivity index (χ1n) is 5.99. The summed E-state index contributed by atoms with van der Waals surface area (Å²) in [5, 5.41) is 7.98. The van der Waals surface area contributed by atoms with Gasteiger partial charge in [-0.3, -0.25) is 0 Å². The van der Waals surface area contributed by atoms with E-state index in [-0.39, 0.29) is 0 Å². The second-order valence-corrected chi connectivity index (χ2v) is 4.10. The van der Waals surface area contributed by atoms with Gasteiger partial charge in [-0.1, -0.05) is 13.8 Å². The van der Waals surface area contributed by atoms with Gasteiger partial charge in [0, 0.05) is 25.4 Å². The van der Waals surface area contributed by atoms with Gasteiger partial charge in [0.25, 0.3) is 0 Å². The van der Waals surface area contributed by atoms with Crippen LogP contribution in [0.1, 0.15) is 38.3 Å². The number of nitrogens with one attached hydrogen (secondary N) is 1. The molecule has 0 unspecified atom stereocenters. The summed E-state index contributed by atoms with van der Waals surface area (Å²) < 4.78 is 2.05. The molecule has 84 valence electrons. The largest absolute Gasteiger partial charge is 0.312 e. The summed E-state index contributed by atoms with van der Waals surface area (Å²) in [6, 6.07) is 0.782. The molecule has 1 aromatic heterocycles. The Kier molecular flexibility index (Phi) is 3.36. The van der Waals surface area contributed by atoms with E-state index in [9.17, 15) is 0 Å². The Labute approximate surface area is 91.1 Å². The quantitative estimate of drug-likeness (QED) is 0.762. The molecule has 0 aliphatic heterocycles. The molecule has 15 heavy (non-hydrogen) atoms.